The van der Waals surface area contributed by atoms with Crippen molar-refractivity contribution in [2.45, 2.75) is 83.6 Å². The molecule has 154 valence electrons. The molecule has 0 radical (unpaired) electrons. The normalized spacial score (nSPS) is 16.4. The average molecular weight is 396 g/mol. The first kappa shape index (κ1) is 23.8. The molecule has 1 aliphatic rings. The van der Waals surface area contributed by atoms with Gasteiger partial charge in [-0.3, -0.25) is 0 Å². The molecule has 0 unspecified atom stereocenters. The van der Waals surface area contributed by atoms with Crippen molar-refractivity contribution in [3.63, 3.8) is 0 Å². The number of carbonyl (C=O) groups is 1. The summed E-state index contributed by atoms with van der Waals surface area (Å²) in [7, 11) is 0. The third-order valence-corrected chi connectivity index (χ3v) is 5.16. The van der Waals surface area contributed by atoms with Gasteiger partial charge in [0.25, 0.3) is 0 Å². The van der Waals surface area contributed by atoms with Gasteiger partial charge in [-0.05, 0) is 49.9 Å². The summed E-state index contributed by atoms with van der Waals surface area (Å²) in [6.07, 6.45) is 14.1. The van der Waals surface area contributed by atoms with Crippen molar-refractivity contribution in [2.75, 3.05) is 18.4 Å². The van der Waals surface area contributed by atoms with Gasteiger partial charge in [-0.1, -0.05) is 64.0 Å². The number of nitrogens with one attached hydrogen (secondary N) is 3. The third-order valence-electron chi connectivity index (χ3n) is 5.16. The van der Waals surface area contributed by atoms with E-state index < -0.39 is 0 Å². The zero-order chi connectivity index (χ0) is 18.5. The van der Waals surface area contributed by atoms with E-state index >= 15 is 0 Å². The van der Waals surface area contributed by atoms with Gasteiger partial charge in [0.2, 0.25) is 0 Å². The molecular formula is C22H38ClN3O. The molecule has 2 amide bonds. The van der Waals surface area contributed by atoms with Crippen molar-refractivity contribution in [1.29, 1.82) is 0 Å². The van der Waals surface area contributed by atoms with Gasteiger partial charge in [0.05, 0.1) is 0 Å². The molecule has 3 N–H and O–H groups in total. The lowest BCUT2D eigenvalue weighted by atomic mass is 10.0. The topological polar surface area (TPSA) is 53.2 Å². The van der Waals surface area contributed by atoms with E-state index in [1.807, 2.05) is 12.1 Å². The number of hydrogen-bond donors (Lipinski definition) is 3. The molecule has 5 heteroatoms. The van der Waals surface area contributed by atoms with Crippen LogP contribution in [0.1, 0.15) is 76.7 Å². The third kappa shape index (κ3) is 10.6. The quantitative estimate of drug-likeness (QED) is 0.423. The Morgan fingerprint density at radius 1 is 1.04 bits per heavy atom. The second-order valence-electron chi connectivity index (χ2n) is 7.56. The van der Waals surface area contributed by atoms with Crippen LogP contribution in [0.3, 0.4) is 0 Å². The van der Waals surface area contributed by atoms with E-state index in [1.54, 1.807) is 0 Å². The first-order valence-electron chi connectivity index (χ1n) is 10.6. The summed E-state index contributed by atoms with van der Waals surface area (Å²) in [6.45, 7) is 4.19. The van der Waals surface area contributed by atoms with E-state index in [4.69, 9.17) is 0 Å². The molecule has 1 aliphatic heterocycles. The maximum absolute atomic E-state index is 12.1. The van der Waals surface area contributed by atoms with E-state index in [9.17, 15) is 4.79 Å². The number of hydrogen-bond acceptors (Lipinski definition) is 2. The van der Waals surface area contributed by atoms with Crippen LogP contribution in [0.15, 0.2) is 24.3 Å². The monoisotopic (exact) mass is 395 g/mol. The minimum atomic E-state index is -0.102. The maximum atomic E-state index is 12.1. The van der Waals surface area contributed by atoms with Crippen molar-refractivity contribution >= 4 is 24.1 Å². The minimum Gasteiger partial charge on any atom is -0.334 e. The highest BCUT2D eigenvalue weighted by molar-refractivity contribution is 5.89. The lowest BCUT2D eigenvalue weighted by Crippen LogP contribution is -2.47. The fraction of sp³-hybridized carbons (Fsp3) is 0.682. The summed E-state index contributed by atoms with van der Waals surface area (Å²) in [5.41, 5.74) is 2.23. The fourth-order valence-electron chi connectivity index (χ4n) is 3.55. The Balaban J connectivity index is 0.00000364. The molecule has 0 saturated carbocycles. The summed E-state index contributed by atoms with van der Waals surface area (Å²) < 4.78 is 0. The number of halogens is 1. The summed E-state index contributed by atoms with van der Waals surface area (Å²) in [5, 5.41) is 9.29. The smallest absolute Gasteiger partial charge is 0.319 e. The maximum Gasteiger partial charge on any atom is 0.319 e. The number of carbonyl (C=O) groups excluding carboxylic acids is 1. The van der Waals surface area contributed by atoms with Crippen LogP contribution in [0.5, 0.6) is 0 Å². The summed E-state index contributed by atoms with van der Waals surface area (Å²) in [5.74, 6) is 0. The van der Waals surface area contributed by atoms with E-state index in [-0.39, 0.29) is 24.5 Å². The number of amides is 2. The second-order valence-corrected chi connectivity index (χ2v) is 7.56. The van der Waals surface area contributed by atoms with Gasteiger partial charge in [0.1, 0.15) is 0 Å². The Kier molecular flexibility index (Phi) is 13.0. The van der Waals surface area contributed by atoms with E-state index in [2.05, 4.69) is 35.0 Å². The molecule has 0 aliphatic carbocycles. The molecule has 1 heterocycles. The number of anilines is 1. The first-order chi connectivity index (χ1) is 12.8. The van der Waals surface area contributed by atoms with E-state index in [0.29, 0.717) is 0 Å². The largest absolute Gasteiger partial charge is 0.334 e. The number of rotatable bonds is 11. The molecule has 2 rings (SSSR count). The molecule has 1 aromatic carbocycles. The molecule has 1 atom stereocenters. The van der Waals surface area contributed by atoms with E-state index in [0.717, 1.165) is 38.0 Å². The Morgan fingerprint density at radius 3 is 2.33 bits per heavy atom. The standard InChI is InChI=1S/C22H37N3O.ClH/c1-2-3-4-5-6-7-8-9-11-19-13-15-20(16-14-19)24-22(26)25-21-12-10-17-23-18-21;/h13-16,21,23H,2-12,17-18H2,1H3,(H2,24,25,26);1H/t21-;/m1./s1. The fourth-order valence-corrected chi connectivity index (χ4v) is 3.55. The lowest BCUT2D eigenvalue weighted by Gasteiger charge is -2.23. The number of aryl methyl sites for hydroxylation is 1. The van der Waals surface area contributed by atoms with Gasteiger partial charge in [-0.25, -0.2) is 4.79 Å². The van der Waals surface area contributed by atoms with Gasteiger partial charge in [-0.2, -0.15) is 0 Å². The summed E-state index contributed by atoms with van der Waals surface area (Å²) >= 11 is 0. The number of benzene rings is 1. The molecule has 1 aromatic rings. The molecule has 1 fully saturated rings. The SMILES string of the molecule is CCCCCCCCCCc1ccc(NC(=O)N[C@@H]2CCCNC2)cc1.Cl. The van der Waals surface area contributed by atoms with Crippen LogP contribution in [0.2, 0.25) is 0 Å². The Labute approximate surface area is 171 Å². The molecule has 0 spiro atoms. The average Bonchev–Trinajstić information content (AvgIpc) is 2.66. The Hall–Kier alpha value is -1.26. The number of urea groups is 1. The predicted octanol–water partition coefficient (Wildman–Crippen LogP) is 5.67. The summed E-state index contributed by atoms with van der Waals surface area (Å²) in [6, 6.07) is 8.44. The van der Waals surface area contributed by atoms with Gasteiger partial charge >= 0.3 is 6.03 Å². The highest BCUT2D eigenvalue weighted by Crippen LogP contribution is 2.14. The molecule has 0 bridgehead atoms. The van der Waals surface area contributed by atoms with Gasteiger partial charge in [-0.15, -0.1) is 12.4 Å². The van der Waals surface area contributed by atoms with Crippen LogP contribution >= 0.6 is 12.4 Å². The van der Waals surface area contributed by atoms with Crippen molar-refractivity contribution in [3.8, 4) is 0 Å². The van der Waals surface area contributed by atoms with Gasteiger partial charge in [0.15, 0.2) is 0 Å². The lowest BCUT2D eigenvalue weighted by molar-refractivity contribution is 0.245. The highest BCUT2D eigenvalue weighted by Gasteiger charge is 2.15. The van der Waals surface area contributed by atoms with Crippen molar-refractivity contribution in [3.05, 3.63) is 29.8 Å². The zero-order valence-corrected chi connectivity index (χ0v) is 17.7. The second kappa shape index (κ2) is 14.8. The number of unbranched alkanes of at least 4 members (excludes halogenated alkanes) is 7. The summed E-state index contributed by atoms with van der Waals surface area (Å²) in [4.78, 5) is 12.1. The molecule has 4 nitrogen and oxygen atoms in total. The predicted molar refractivity (Wildman–Crippen MR) is 118 cm³/mol. The van der Waals surface area contributed by atoms with Gasteiger partial charge < -0.3 is 16.0 Å². The van der Waals surface area contributed by atoms with Crippen LogP contribution in [0, 0.1) is 0 Å². The highest BCUT2D eigenvalue weighted by atomic mass is 35.5. The Morgan fingerprint density at radius 2 is 1.70 bits per heavy atom. The van der Waals surface area contributed by atoms with Crippen LogP contribution in [-0.4, -0.2) is 25.2 Å². The van der Waals surface area contributed by atoms with E-state index in [1.165, 1.54) is 56.9 Å². The Bertz CT molecular complexity index is 501. The van der Waals surface area contributed by atoms with Crippen LogP contribution in [0.25, 0.3) is 0 Å². The van der Waals surface area contributed by atoms with Crippen LogP contribution < -0.4 is 16.0 Å². The number of piperidine rings is 1. The minimum absolute atomic E-state index is 0. The van der Waals surface area contributed by atoms with Crippen molar-refractivity contribution < 1.29 is 4.79 Å². The zero-order valence-electron chi connectivity index (χ0n) is 16.9. The van der Waals surface area contributed by atoms with Gasteiger partial charge in [0, 0.05) is 18.3 Å². The van der Waals surface area contributed by atoms with Crippen molar-refractivity contribution in [1.82, 2.24) is 10.6 Å². The molecule has 0 aromatic heterocycles. The van der Waals surface area contributed by atoms with Crippen molar-refractivity contribution in [2.24, 2.45) is 0 Å². The van der Waals surface area contributed by atoms with Crippen LogP contribution in [0.4, 0.5) is 10.5 Å². The first-order valence-corrected chi connectivity index (χ1v) is 10.6. The van der Waals surface area contributed by atoms with Crippen LogP contribution in [-0.2, 0) is 6.42 Å². The molecule has 27 heavy (non-hydrogen) atoms. The molecular weight excluding hydrogens is 358 g/mol. The molecule has 1 saturated heterocycles.